The summed E-state index contributed by atoms with van der Waals surface area (Å²) in [5.74, 6) is 0.0171. The summed E-state index contributed by atoms with van der Waals surface area (Å²) in [4.78, 5) is 18.0. The summed E-state index contributed by atoms with van der Waals surface area (Å²) >= 11 is 1.37. The summed E-state index contributed by atoms with van der Waals surface area (Å²) in [7, 11) is 1.64. The van der Waals surface area contributed by atoms with Crippen LogP contribution >= 0.6 is 11.3 Å². The summed E-state index contributed by atoms with van der Waals surface area (Å²) in [6.07, 6.45) is 2.35. The normalized spacial score (nSPS) is 15.4. The smallest absolute Gasteiger partial charge is 0.263 e. The third kappa shape index (κ3) is 2.35. The van der Waals surface area contributed by atoms with Gasteiger partial charge in [0.2, 0.25) is 0 Å². The molecule has 6 heteroatoms. The number of aromatic nitrogens is 1. The van der Waals surface area contributed by atoms with Gasteiger partial charge in [-0.1, -0.05) is 6.07 Å². The molecule has 1 aromatic carbocycles. The molecule has 1 N–H and O–H groups in total. The van der Waals surface area contributed by atoms with E-state index in [9.17, 15) is 9.90 Å². The zero-order chi connectivity index (χ0) is 15.2. The van der Waals surface area contributed by atoms with Crippen LogP contribution in [0, 0.1) is 0 Å². The molecule has 1 aromatic heterocycles. The number of anilines is 1. The van der Waals surface area contributed by atoms with Crippen molar-refractivity contribution in [3.8, 4) is 11.5 Å². The van der Waals surface area contributed by atoms with Crippen LogP contribution in [0.15, 0.2) is 23.7 Å². The Hall–Kier alpha value is -2.08. The highest BCUT2D eigenvalue weighted by atomic mass is 32.1. The van der Waals surface area contributed by atoms with Crippen molar-refractivity contribution in [1.29, 1.82) is 0 Å². The molecule has 0 aliphatic carbocycles. The Bertz CT molecular complexity index is 695. The average Bonchev–Trinajstić information content (AvgIpc) is 3.04. The third-order valence-corrected chi connectivity index (χ3v) is 4.30. The topological polar surface area (TPSA) is 62.7 Å². The number of rotatable bonds is 2. The fourth-order valence-electron chi connectivity index (χ4n) is 2.46. The molecular formula is C15H16N2O3S. The predicted molar refractivity (Wildman–Crippen MR) is 81.4 cm³/mol. The molecule has 0 radical (unpaired) electrons. The van der Waals surface area contributed by atoms with Gasteiger partial charge in [-0.2, -0.15) is 0 Å². The minimum atomic E-state index is -0.358. The molecule has 0 unspecified atom stereocenters. The molecule has 2 heterocycles. The quantitative estimate of drug-likeness (QED) is 0.926. The van der Waals surface area contributed by atoms with Crippen LogP contribution < -0.4 is 9.64 Å². The lowest BCUT2D eigenvalue weighted by atomic mass is 10.00. The van der Waals surface area contributed by atoms with Crippen LogP contribution in [-0.2, 0) is 6.42 Å². The van der Waals surface area contributed by atoms with Crippen molar-refractivity contribution >= 4 is 22.4 Å². The largest absolute Gasteiger partial charge is 0.504 e. The number of phenols is 1. The molecule has 0 atom stereocenters. The fraction of sp³-hybridized carbons (Fsp3) is 0.333. The van der Waals surface area contributed by atoms with Crippen LogP contribution in [-0.4, -0.2) is 28.6 Å². The lowest BCUT2D eigenvalue weighted by Crippen LogP contribution is -2.26. The van der Waals surface area contributed by atoms with Gasteiger partial charge in [0.1, 0.15) is 5.60 Å². The Morgan fingerprint density at radius 3 is 2.90 bits per heavy atom. The summed E-state index contributed by atoms with van der Waals surface area (Å²) in [6.45, 7) is 3.91. The van der Waals surface area contributed by atoms with E-state index in [1.807, 2.05) is 19.9 Å². The van der Waals surface area contributed by atoms with Crippen molar-refractivity contribution < 1.29 is 14.6 Å². The van der Waals surface area contributed by atoms with Crippen LogP contribution in [0.2, 0.25) is 0 Å². The maximum atomic E-state index is 12.5. The predicted octanol–water partition coefficient (Wildman–Crippen LogP) is 2.84. The molecule has 21 heavy (non-hydrogen) atoms. The number of hydrogen-bond donors (Lipinski definition) is 1. The standard InChI is InChI=1S/C15H16N2O3S/c1-15(2)8-9-4-5-10(11(18)12(9)20-15)13(19)17(3)14-16-6-7-21-14/h4-7,18H,8H2,1-3H3. The van der Waals surface area contributed by atoms with E-state index in [0.717, 1.165) is 5.56 Å². The van der Waals surface area contributed by atoms with E-state index in [1.165, 1.54) is 16.2 Å². The molecule has 0 bridgehead atoms. The number of aromatic hydroxyl groups is 1. The molecular weight excluding hydrogens is 288 g/mol. The number of benzene rings is 1. The van der Waals surface area contributed by atoms with E-state index < -0.39 is 0 Å². The summed E-state index contributed by atoms with van der Waals surface area (Å²) in [6, 6.07) is 3.48. The Balaban J connectivity index is 1.96. The number of thiazole rings is 1. The van der Waals surface area contributed by atoms with Crippen LogP contribution in [0.3, 0.4) is 0 Å². The van der Waals surface area contributed by atoms with Crippen LogP contribution in [0.4, 0.5) is 5.13 Å². The van der Waals surface area contributed by atoms with Gasteiger partial charge >= 0.3 is 0 Å². The molecule has 1 aliphatic rings. The third-order valence-electron chi connectivity index (χ3n) is 3.45. The molecule has 0 spiro atoms. The van der Waals surface area contributed by atoms with Crippen LogP contribution in [0.25, 0.3) is 0 Å². The van der Waals surface area contributed by atoms with Crippen molar-refractivity contribution in [3.05, 3.63) is 34.8 Å². The number of phenolic OH excluding ortho intramolecular Hbond substituents is 1. The van der Waals surface area contributed by atoms with Gasteiger partial charge in [0, 0.05) is 30.6 Å². The summed E-state index contributed by atoms with van der Waals surface area (Å²) < 4.78 is 5.75. The van der Waals surface area contributed by atoms with Gasteiger partial charge < -0.3 is 9.84 Å². The van der Waals surface area contributed by atoms with Crippen molar-refractivity contribution in [2.75, 3.05) is 11.9 Å². The van der Waals surface area contributed by atoms with E-state index in [-0.39, 0.29) is 22.8 Å². The summed E-state index contributed by atoms with van der Waals surface area (Å²) in [5.41, 5.74) is 0.790. The molecule has 0 fully saturated rings. The number of amides is 1. The van der Waals surface area contributed by atoms with Crippen molar-refractivity contribution in [1.82, 2.24) is 4.98 Å². The summed E-state index contributed by atoms with van der Waals surface area (Å²) in [5, 5.41) is 12.8. The molecule has 1 aliphatic heterocycles. The van der Waals surface area contributed by atoms with Gasteiger partial charge in [0.25, 0.3) is 5.91 Å². The van der Waals surface area contributed by atoms with Crippen molar-refractivity contribution in [2.24, 2.45) is 0 Å². The van der Waals surface area contributed by atoms with Crippen molar-refractivity contribution in [2.45, 2.75) is 25.9 Å². The van der Waals surface area contributed by atoms with E-state index in [4.69, 9.17) is 4.74 Å². The van der Waals surface area contributed by atoms with Gasteiger partial charge in [0.15, 0.2) is 16.6 Å². The van der Waals surface area contributed by atoms with Gasteiger partial charge in [-0.25, -0.2) is 4.98 Å². The SMILES string of the molecule is CN(C(=O)c1ccc2c(c1O)OC(C)(C)C2)c1nccs1. The minimum Gasteiger partial charge on any atom is -0.504 e. The van der Waals surface area contributed by atoms with E-state index in [2.05, 4.69) is 4.98 Å². The molecule has 1 amide bonds. The monoisotopic (exact) mass is 304 g/mol. The first-order chi connectivity index (χ1) is 9.89. The first kappa shape index (κ1) is 13.9. The maximum Gasteiger partial charge on any atom is 0.263 e. The first-order valence-corrected chi connectivity index (χ1v) is 7.48. The van der Waals surface area contributed by atoms with Crippen LogP contribution in [0.5, 0.6) is 11.5 Å². The molecule has 2 aromatic rings. The second kappa shape index (κ2) is 4.73. The van der Waals surface area contributed by atoms with E-state index in [0.29, 0.717) is 17.3 Å². The van der Waals surface area contributed by atoms with Gasteiger partial charge in [-0.15, -0.1) is 11.3 Å². The van der Waals surface area contributed by atoms with E-state index in [1.54, 1.807) is 24.7 Å². The number of carbonyl (C=O) groups excluding carboxylic acids is 1. The van der Waals surface area contributed by atoms with E-state index >= 15 is 0 Å². The molecule has 0 saturated heterocycles. The Morgan fingerprint density at radius 1 is 1.48 bits per heavy atom. The Morgan fingerprint density at radius 2 is 2.24 bits per heavy atom. The van der Waals surface area contributed by atoms with Crippen molar-refractivity contribution in [3.63, 3.8) is 0 Å². The highest BCUT2D eigenvalue weighted by Crippen LogP contribution is 2.43. The number of carbonyl (C=O) groups is 1. The van der Waals surface area contributed by atoms with Gasteiger partial charge in [-0.05, 0) is 19.9 Å². The van der Waals surface area contributed by atoms with Gasteiger partial charge in [0.05, 0.1) is 5.56 Å². The lowest BCUT2D eigenvalue weighted by Gasteiger charge is -2.18. The lowest BCUT2D eigenvalue weighted by molar-refractivity contribution is 0.0986. The highest BCUT2D eigenvalue weighted by molar-refractivity contribution is 7.13. The number of fused-ring (bicyclic) bond motifs is 1. The molecule has 110 valence electrons. The minimum absolute atomic E-state index is 0.0912. The second-order valence-electron chi connectivity index (χ2n) is 5.67. The Kier molecular flexibility index (Phi) is 3.13. The van der Waals surface area contributed by atoms with Crippen LogP contribution in [0.1, 0.15) is 29.8 Å². The number of ether oxygens (including phenoxy) is 1. The average molecular weight is 304 g/mol. The second-order valence-corrected chi connectivity index (χ2v) is 6.54. The van der Waals surface area contributed by atoms with Gasteiger partial charge in [-0.3, -0.25) is 9.69 Å². The Labute approximate surface area is 126 Å². The molecule has 3 rings (SSSR count). The number of hydrogen-bond acceptors (Lipinski definition) is 5. The fourth-order valence-corrected chi connectivity index (χ4v) is 3.06. The first-order valence-electron chi connectivity index (χ1n) is 6.60. The zero-order valence-corrected chi connectivity index (χ0v) is 12.9. The molecule has 0 saturated carbocycles. The zero-order valence-electron chi connectivity index (χ0n) is 12.1. The number of nitrogens with zero attached hydrogens (tertiary/aromatic N) is 2. The highest BCUT2D eigenvalue weighted by Gasteiger charge is 2.34. The molecule has 5 nitrogen and oxygen atoms in total. The maximum absolute atomic E-state index is 12.5.